The van der Waals surface area contributed by atoms with Crippen molar-refractivity contribution < 1.29 is 9.90 Å². The zero-order valence-corrected chi connectivity index (χ0v) is 10.8. The van der Waals surface area contributed by atoms with E-state index in [0.717, 1.165) is 16.1 Å². The van der Waals surface area contributed by atoms with Gasteiger partial charge in [-0.25, -0.2) is 14.8 Å². The third kappa shape index (κ3) is 2.15. The smallest absolute Gasteiger partial charge is 0.355 e. The first-order valence-electron chi connectivity index (χ1n) is 5.56. The van der Waals surface area contributed by atoms with Crippen LogP contribution in [0, 0.1) is 0 Å². The van der Waals surface area contributed by atoms with E-state index in [1.54, 1.807) is 11.3 Å². The van der Waals surface area contributed by atoms with Gasteiger partial charge >= 0.3 is 5.97 Å². The largest absolute Gasteiger partial charge is 0.476 e. The number of rotatable bonds is 3. The van der Waals surface area contributed by atoms with Crippen molar-refractivity contribution in [1.29, 1.82) is 0 Å². The van der Waals surface area contributed by atoms with Crippen LogP contribution in [0.4, 0.5) is 0 Å². The van der Waals surface area contributed by atoms with E-state index in [1.165, 1.54) is 0 Å². The monoisotopic (exact) mass is 250 g/mol. The zero-order chi connectivity index (χ0) is 12.6. The number of carbonyl (C=O) groups is 1. The van der Waals surface area contributed by atoms with E-state index in [9.17, 15) is 9.90 Å². The minimum absolute atomic E-state index is 0.120. The number of nitrogens with zero attached hydrogens (tertiary/aromatic N) is 2. The average Bonchev–Trinajstić information content (AvgIpc) is 2.69. The third-order valence-electron chi connectivity index (χ3n) is 2.53. The maximum atomic E-state index is 11.2. The molecule has 0 amide bonds. The fraction of sp³-hybridized carbons (Fsp3) is 0.417. The maximum absolute atomic E-state index is 11.2. The number of aromatic carboxylic acids is 1. The maximum Gasteiger partial charge on any atom is 0.355 e. The molecule has 17 heavy (non-hydrogen) atoms. The molecule has 0 saturated carbocycles. The molecule has 0 radical (unpaired) electrons. The summed E-state index contributed by atoms with van der Waals surface area (Å²) in [5, 5.41) is 9.84. The molecule has 0 aromatic carbocycles. The van der Waals surface area contributed by atoms with Gasteiger partial charge in [0, 0.05) is 16.2 Å². The van der Waals surface area contributed by atoms with Crippen molar-refractivity contribution in [2.75, 3.05) is 0 Å². The molecule has 0 aliphatic rings. The van der Waals surface area contributed by atoms with Crippen LogP contribution in [0.3, 0.4) is 0 Å². The number of carboxylic acids is 1. The molecule has 0 fully saturated rings. The Balaban J connectivity index is 2.74. The number of hydrogen-bond donors (Lipinski definition) is 1. The zero-order valence-electron chi connectivity index (χ0n) is 10.0. The molecule has 0 saturated heterocycles. The van der Waals surface area contributed by atoms with Gasteiger partial charge in [-0.1, -0.05) is 20.8 Å². The highest BCUT2D eigenvalue weighted by atomic mass is 32.1. The number of aromatic nitrogens is 2. The van der Waals surface area contributed by atoms with Crippen molar-refractivity contribution in [1.82, 2.24) is 9.97 Å². The lowest BCUT2D eigenvalue weighted by Crippen LogP contribution is -2.06. The summed E-state index contributed by atoms with van der Waals surface area (Å²) in [6.07, 6.45) is 0.886. The lowest BCUT2D eigenvalue weighted by Gasteiger charge is -2.04. The number of hydrogen-bond acceptors (Lipinski definition) is 4. The molecule has 2 heterocycles. The van der Waals surface area contributed by atoms with Crippen molar-refractivity contribution >= 4 is 27.5 Å². The predicted octanol–water partition coefficient (Wildman–Crippen LogP) is 3.08. The summed E-state index contributed by atoms with van der Waals surface area (Å²) in [5.74, 6) is -0.260. The van der Waals surface area contributed by atoms with Gasteiger partial charge in [0.05, 0.1) is 0 Å². The minimum atomic E-state index is -0.986. The van der Waals surface area contributed by atoms with E-state index in [1.807, 2.05) is 26.8 Å². The van der Waals surface area contributed by atoms with Gasteiger partial charge in [0.2, 0.25) is 0 Å². The molecule has 0 spiro atoms. The molecule has 5 heteroatoms. The van der Waals surface area contributed by atoms with Crippen LogP contribution in [0.25, 0.3) is 10.2 Å². The van der Waals surface area contributed by atoms with Crippen molar-refractivity contribution in [3.05, 3.63) is 22.5 Å². The van der Waals surface area contributed by atoms with E-state index in [4.69, 9.17) is 0 Å². The molecule has 0 aliphatic heterocycles. The standard InChI is InChI=1S/C12H14N2O2S/c1-4-7-5-8-9(12(15)16)13-10(6(2)3)14-11(8)17-7/h5-6H,4H2,1-3H3,(H,15,16). The van der Waals surface area contributed by atoms with E-state index in [-0.39, 0.29) is 11.6 Å². The van der Waals surface area contributed by atoms with E-state index in [0.29, 0.717) is 11.2 Å². The summed E-state index contributed by atoms with van der Waals surface area (Å²) in [7, 11) is 0. The van der Waals surface area contributed by atoms with Crippen LogP contribution in [0.2, 0.25) is 0 Å². The van der Waals surface area contributed by atoms with Crippen LogP contribution < -0.4 is 0 Å². The first-order chi connectivity index (χ1) is 8.02. The Kier molecular flexibility index (Phi) is 3.11. The molecule has 1 N–H and O–H groups in total. The highest BCUT2D eigenvalue weighted by molar-refractivity contribution is 7.18. The van der Waals surface area contributed by atoms with E-state index < -0.39 is 5.97 Å². The SMILES string of the molecule is CCc1cc2c(C(=O)O)nc(C(C)C)nc2s1. The lowest BCUT2D eigenvalue weighted by molar-refractivity contribution is 0.0692. The Hall–Kier alpha value is -1.49. The molecule has 0 atom stereocenters. The second-order valence-electron chi connectivity index (χ2n) is 4.18. The molecular formula is C12H14N2O2S. The first-order valence-corrected chi connectivity index (χ1v) is 6.38. The van der Waals surface area contributed by atoms with E-state index >= 15 is 0 Å². The van der Waals surface area contributed by atoms with Gasteiger partial charge in [0.15, 0.2) is 5.69 Å². The summed E-state index contributed by atoms with van der Waals surface area (Å²) >= 11 is 1.55. The Morgan fingerprint density at radius 1 is 1.47 bits per heavy atom. The van der Waals surface area contributed by atoms with E-state index in [2.05, 4.69) is 9.97 Å². The molecule has 2 rings (SSSR count). The second-order valence-corrected chi connectivity index (χ2v) is 5.29. The first kappa shape index (κ1) is 12.0. The normalized spacial score (nSPS) is 11.3. The molecule has 0 aliphatic carbocycles. The molecule has 4 nitrogen and oxygen atoms in total. The van der Waals surface area contributed by atoms with Crippen LogP contribution in [0.15, 0.2) is 6.07 Å². The fourth-order valence-corrected chi connectivity index (χ4v) is 2.56. The van der Waals surface area contributed by atoms with Crippen molar-refractivity contribution in [3.8, 4) is 0 Å². The van der Waals surface area contributed by atoms with Gasteiger partial charge in [0.1, 0.15) is 10.7 Å². The Morgan fingerprint density at radius 3 is 2.71 bits per heavy atom. The Morgan fingerprint density at radius 2 is 2.18 bits per heavy atom. The molecule has 2 aromatic heterocycles. The molecule has 0 bridgehead atoms. The quantitative estimate of drug-likeness (QED) is 0.909. The number of fused-ring (bicyclic) bond motifs is 1. The van der Waals surface area contributed by atoms with Gasteiger partial charge in [-0.3, -0.25) is 0 Å². The van der Waals surface area contributed by atoms with Crippen LogP contribution in [-0.2, 0) is 6.42 Å². The van der Waals surface area contributed by atoms with Gasteiger partial charge in [0.25, 0.3) is 0 Å². The molecular weight excluding hydrogens is 236 g/mol. The average molecular weight is 250 g/mol. The number of thiophene rings is 1. The fourth-order valence-electron chi connectivity index (χ4n) is 1.58. The predicted molar refractivity (Wildman–Crippen MR) is 67.8 cm³/mol. The van der Waals surface area contributed by atoms with Crippen LogP contribution >= 0.6 is 11.3 Å². The summed E-state index contributed by atoms with van der Waals surface area (Å²) in [4.78, 5) is 21.7. The van der Waals surface area contributed by atoms with Crippen LogP contribution in [-0.4, -0.2) is 21.0 Å². The summed E-state index contributed by atoms with van der Waals surface area (Å²) in [6.45, 7) is 5.96. The number of aryl methyl sites for hydroxylation is 1. The van der Waals surface area contributed by atoms with Gasteiger partial charge in [-0.05, 0) is 12.5 Å². The third-order valence-corrected chi connectivity index (χ3v) is 3.70. The molecule has 0 unspecified atom stereocenters. The van der Waals surface area contributed by atoms with Crippen molar-refractivity contribution in [2.24, 2.45) is 0 Å². The topological polar surface area (TPSA) is 63.1 Å². The highest BCUT2D eigenvalue weighted by Gasteiger charge is 2.17. The van der Waals surface area contributed by atoms with Crippen LogP contribution in [0.1, 0.15) is 47.9 Å². The summed E-state index contributed by atoms with van der Waals surface area (Å²) in [5.41, 5.74) is 0.120. The van der Waals surface area contributed by atoms with Gasteiger partial charge in [-0.2, -0.15) is 0 Å². The highest BCUT2D eigenvalue weighted by Crippen LogP contribution is 2.28. The van der Waals surface area contributed by atoms with Crippen molar-refractivity contribution in [3.63, 3.8) is 0 Å². The summed E-state index contributed by atoms with van der Waals surface area (Å²) in [6, 6.07) is 1.88. The minimum Gasteiger partial charge on any atom is -0.476 e. The summed E-state index contributed by atoms with van der Waals surface area (Å²) < 4.78 is 0. The molecule has 2 aromatic rings. The second kappa shape index (κ2) is 4.41. The van der Waals surface area contributed by atoms with Gasteiger partial charge in [-0.15, -0.1) is 11.3 Å². The number of carboxylic acid groups (broad SMARTS) is 1. The van der Waals surface area contributed by atoms with Crippen molar-refractivity contribution in [2.45, 2.75) is 33.1 Å². The van der Waals surface area contributed by atoms with Gasteiger partial charge < -0.3 is 5.11 Å². The lowest BCUT2D eigenvalue weighted by atomic mass is 10.2. The Bertz CT molecular complexity index is 575. The van der Waals surface area contributed by atoms with Crippen LogP contribution in [0.5, 0.6) is 0 Å². The molecule has 90 valence electrons. The Labute approximate surface area is 103 Å².